The molecule has 0 aliphatic carbocycles. The first-order chi connectivity index (χ1) is 7.75. The summed E-state index contributed by atoms with van der Waals surface area (Å²) in [5.74, 6) is 1.34. The maximum absolute atomic E-state index is 5.81. The van der Waals surface area contributed by atoms with Crippen LogP contribution in [0.3, 0.4) is 0 Å². The molecule has 1 aromatic heterocycles. The molecular formula is C11H12ClN3S. The lowest BCUT2D eigenvalue weighted by Crippen LogP contribution is -2.01. The van der Waals surface area contributed by atoms with Crippen LogP contribution in [0.5, 0.6) is 0 Å². The number of benzene rings is 1. The van der Waals surface area contributed by atoms with E-state index in [1.165, 1.54) is 4.90 Å². The van der Waals surface area contributed by atoms with Gasteiger partial charge in [0.2, 0.25) is 0 Å². The van der Waals surface area contributed by atoms with Crippen molar-refractivity contribution < 1.29 is 0 Å². The monoisotopic (exact) mass is 253 g/mol. The van der Waals surface area contributed by atoms with Gasteiger partial charge in [0.1, 0.15) is 5.02 Å². The van der Waals surface area contributed by atoms with Crippen LogP contribution in [0.2, 0.25) is 5.02 Å². The van der Waals surface area contributed by atoms with E-state index in [2.05, 4.69) is 17.2 Å². The summed E-state index contributed by atoms with van der Waals surface area (Å²) in [7, 11) is 0. The van der Waals surface area contributed by atoms with Gasteiger partial charge in [-0.2, -0.15) is 5.10 Å². The Labute approximate surface area is 104 Å². The third kappa shape index (κ3) is 2.93. The largest absolute Gasteiger partial charge is 0.381 e. The number of halogens is 1. The highest BCUT2D eigenvalue weighted by molar-refractivity contribution is 7.99. The van der Waals surface area contributed by atoms with Crippen molar-refractivity contribution in [3.05, 3.63) is 41.6 Å². The number of aryl methyl sites for hydroxylation is 1. The second-order valence-corrected chi connectivity index (χ2v) is 4.86. The molecule has 0 spiro atoms. The van der Waals surface area contributed by atoms with Crippen molar-refractivity contribution in [2.45, 2.75) is 11.4 Å². The first-order valence-electron chi connectivity index (χ1n) is 4.92. The predicted molar refractivity (Wildman–Crippen MR) is 68.8 cm³/mol. The van der Waals surface area contributed by atoms with Crippen LogP contribution in [0.1, 0.15) is 0 Å². The fourth-order valence-electron chi connectivity index (χ4n) is 1.30. The molecule has 3 nitrogen and oxygen atoms in total. The topological polar surface area (TPSA) is 43.8 Å². The summed E-state index contributed by atoms with van der Waals surface area (Å²) in [4.78, 5) is 1.26. The van der Waals surface area contributed by atoms with Crippen molar-refractivity contribution in [3.8, 4) is 0 Å². The number of nitrogens with zero attached hydrogens (tertiary/aromatic N) is 2. The summed E-state index contributed by atoms with van der Waals surface area (Å²) >= 11 is 7.60. The lowest BCUT2D eigenvalue weighted by molar-refractivity contribution is 0.669. The second kappa shape index (κ2) is 5.27. The van der Waals surface area contributed by atoms with Crippen LogP contribution < -0.4 is 5.73 Å². The Bertz CT molecular complexity index is 436. The first kappa shape index (κ1) is 11.4. The third-order valence-corrected chi connectivity index (χ3v) is 3.36. The SMILES string of the molecule is Nc1nn(CCSc2ccccc2)cc1Cl. The molecule has 2 N–H and O–H groups in total. The number of nitrogens with two attached hydrogens (primary N) is 1. The number of anilines is 1. The summed E-state index contributed by atoms with van der Waals surface area (Å²) in [5.41, 5.74) is 5.55. The molecule has 1 aromatic carbocycles. The van der Waals surface area contributed by atoms with Gasteiger partial charge in [0, 0.05) is 16.8 Å². The highest BCUT2D eigenvalue weighted by Gasteiger charge is 2.02. The maximum Gasteiger partial charge on any atom is 0.164 e. The summed E-state index contributed by atoms with van der Waals surface area (Å²) < 4.78 is 1.77. The Morgan fingerprint density at radius 1 is 1.31 bits per heavy atom. The molecule has 0 aliphatic heterocycles. The molecule has 2 aromatic rings. The van der Waals surface area contributed by atoms with Crippen molar-refractivity contribution in [2.24, 2.45) is 0 Å². The molecule has 0 fully saturated rings. The molecule has 0 radical (unpaired) electrons. The minimum atomic E-state index is 0.395. The smallest absolute Gasteiger partial charge is 0.164 e. The molecule has 1 heterocycles. The molecule has 0 saturated carbocycles. The number of thioether (sulfide) groups is 1. The minimum absolute atomic E-state index is 0.395. The van der Waals surface area contributed by atoms with E-state index in [1.54, 1.807) is 22.6 Å². The standard InChI is InChI=1S/C11H12ClN3S/c12-10-8-15(14-11(10)13)6-7-16-9-4-2-1-3-5-9/h1-5,8H,6-7H2,(H2,13,14). The first-order valence-corrected chi connectivity index (χ1v) is 6.28. The van der Waals surface area contributed by atoms with Gasteiger partial charge < -0.3 is 5.73 Å². The molecular weight excluding hydrogens is 242 g/mol. The van der Waals surface area contributed by atoms with Gasteiger partial charge in [0.05, 0.1) is 6.54 Å². The lowest BCUT2D eigenvalue weighted by atomic mass is 10.4. The van der Waals surface area contributed by atoms with Gasteiger partial charge in [0.15, 0.2) is 5.82 Å². The summed E-state index contributed by atoms with van der Waals surface area (Å²) in [6, 6.07) is 10.3. The van der Waals surface area contributed by atoms with E-state index >= 15 is 0 Å². The maximum atomic E-state index is 5.81. The minimum Gasteiger partial charge on any atom is -0.381 e. The van der Waals surface area contributed by atoms with E-state index in [9.17, 15) is 0 Å². The Morgan fingerprint density at radius 2 is 2.06 bits per heavy atom. The van der Waals surface area contributed by atoms with Crippen LogP contribution in [0.25, 0.3) is 0 Å². The van der Waals surface area contributed by atoms with Gasteiger partial charge in [-0.25, -0.2) is 0 Å². The molecule has 0 bridgehead atoms. The van der Waals surface area contributed by atoms with E-state index < -0.39 is 0 Å². The predicted octanol–water partition coefficient (Wildman–Crippen LogP) is 2.91. The zero-order valence-electron chi connectivity index (χ0n) is 8.64. The Morgan fingerprint density at radius 3 is 2.69 bits per heavy atom. The zero-order valence-corrected chi connectivity index (χ0v) is 10.2. The fraction of sp³-hybridized carbons (Fsp3) is 0.182. The van der Waals surface area contributed by atoms with Gasteiger partial charge in [-0.05, 0) is 12.1 Å². The fourth-order valence-corrected chi connectivity index (χ4v) is 2.31. The molecule has 0 aliphatic rings. The number of aromatic nitrogens is 2. The van der Waals surface area contributed by atoms with E-state index in [0.717, 1.165) is 12.3 Å². The van der Waals surface area contributed by atoms with Crippen LogP contribution in [0.4, 0.5) is 5.82 Å². The molecule has 0 amide bonds. The van der Waals surface area contributed by atoms with Crippen molar-refractivity contribution in [3.63, 3.8) is 0 Å². The second-order valence-electron chi connectivity index (χ2n) is 3.29. The number of hydrogen-bond donors (Lipinski definition) is 1. The van der Waals surface area contributed by atoms with Gasteiger partial charge in [-0.3, -0.25) is 4.68 Å². The number of nitrogen functional groups attached to an aromatic ring is 1. The summed E-state index contributed by atoms with van der Waals surface area (Å²) in [6.07, 6.45) is 1.75. The third-order valence-electron chi connectivity index (χ3n) is 2.08. The summed E-state index contributed by atoms with van der Waals surface area (Å²) in [6.45, 7) is 0.802. The molecule has 0 unspecified atom stereocenters. The normalized spacial score (nSPS) is 10.6. The van der Waals surface area contributed by atoms with Crippen LogP contribution in [-0.2, 0) is 6.54 Å². The molecule has 16 heavy (non-hydrogen) atoms. The van der Waals surface area contributed by atoms with E-state index in [-0.39, 0.29) is 0 Å². The van der Waals surface area contributed by atoms with Crippen molar-refractivity contribution >= 4 is 29.2 Å². The van der Waals surface area contributed by atoms with Gasteiger partial charge in [-0.15, -0.1) is 11.8 Å². The van der Waals surface area contributed by atoms with Gasteiger partial charge in [0.25, 0.3) is 0 Å². The average molecular weight is 254 g/mol. The lowest BCUT2D eigenvalue weighted by Gasteiger charge is -2.01. The van der Waals surface area contributed by atoms with Gasteiger partial charge in [-0.1, -0.05) is 29.8 Å². The molecule has 0 saturated heterocycles. The Kier molecular flexibility index (Phi) is 3.74. The molecule has 84 valence electrons. The van der Waals surface area contributed by atoms with E-state index in [4.69, 9.17) is 17.3 Å². The quantitative estimate of drug-likeness (QED) is 0.852. The molecule has 2 rings (SSSR count). The molecule has 0 atom stereocenters. The van der Waals surface area contributed by atoms with E-state index in [0.29, 0.717) is 10.8 Å². The van der Waals surface area contributed by atoms with Crippen molar-refractivity contribution in [2.75, 3.05) is 11.5 Å². The van der Waals surface area contributed by atoms with Crippen molar-refractivity contribution in [1.29, 1.82) is 0 Å². The van der Waals surface area contributed by atoms with Crippen LogP contribution >= 0.6 is 23.4 Å². The molecule has 5 heteroatoms. The number of hydrogen-bond acceptors (Lipinski definition) is 3. The zero-order chi connectivity index (χ0) is 11.4. The van der Waals surface area contributed by atoms with Crippen LogP contribution in [-0.4, -0.2) is 15.5 Å². The number of rotatable bonds is 4. The van der Waals surface area contributed by atoms with Gasteiger partial charge >= 0.3 is 0 Å². The van der Waals surface area contributed by atoms with Crippen molar-refractivity contribution in [1.82, 2.24) is 9.78 Å². The van der Waals surface area contributed by atoms with E-state index in [1.807, 2.05) is 18.2 Å². The van der Waals surface area contributed by atoms with Crippen LogP contribution in [0.15, 0.2) is 41.4 Å². The Hall–Kier alpha value is -1.13. The Balaban J connectivity index is 1.84. The van der Waals surface area contributed by atoms with Crippen LogP contribution in [0, 0.1) is 0 Å². The highest BCUT2D eigenvalue weighted by atomic mass is 35.5. The summed E-state index contributed by atoms with van der Waals surface area (Å²) in [5, 5.41) is 4.61. The average Bonchev–Trinajstić information content (AvgIpc) is 2.60. The highest BCUT2D eigenvalue weighted by Crippen LogP contribution is 2.19.